The van der Waals surface area contributed by atoms with Crippen LogP contribution in [0.3, 0.4) is 0 Å². The number of halogens is 1. The molecule has 2 bridgehead atoms. The molecular weight excluding hydrogens is 361 g/mol. The molecule has 0 amide bonds. The van der Waals surface area contributed by atoms with E-state index in [1.807, 2.05) is 12.1 Å². The summed E-state index contributed by atoms with van der Waals surface area (Å²) in [6.45, 7) is 4.38. The molecule has 3 aromatic rings. The first kappa shape index (κ1) is 17.1. The summed E-state index contributed by atoms with van der Waals surface area (Å²) >= 11 is 0. The average molecular weight is 385 g/mol. The lowest BCUT2D eigenvalue weighted by Gasteiger charge is -2.44. The molecule has 6 rings (SSSR count). The van der Waals surface area contributed by atoms with E-state index < -0.39 is 5.82 Å². The molecule has 2 fully saturated rings. The van der Waals surface area contributed by atoms with Gasteiger partial charge in [0.25, 0.3) is 0 Å². The van der Waals surface area contributed by atoms with Crippen molar-refractivity contribution < 1.29 is 4.39 Å². The predicted molar refractivity (Wildman–Crippen MR) is 112 cm³/mol. The average Bonchev–Trinajstić information content (AvgIpc) is 3.42. The standard InChI is InChI=1S/C25H24FN3/c1-12-13(2)28-19-7-8-20-24(21(12)19)22-14-3-4-15(9-14)23(22)25(29-20)16-5-6-18(26)17(10-16)11-27/h5-8,10,14-15,22-23,25,28-29H,3-4,9H2,1-2H3/t14?,15?,22-,23+,25-/m0/s1. The van der Waals surface area contributed by atoms with Gasteiger partial charge in [0.2, 0.25) is 0 Å². The second-order valence-electron chi connectivity index (χ2n) is 9.23. The van der Waals surface area contributed by atoms with Crippen LogP contribution in [-0.2, 0) is 0 Å². The highest BCUT2D eigenvalue weighted by molar-refractivity contribution is 5.93. The molecule has 2 N–H and O–H groups in total. The number of nitrogens with one attached hydrogen (secondary N) is 2. The Morgan fingerprint density at radius 1 is 1.10 bits per heavy atom. The molecule has 0 spiro atoms. The fourth-order valence-corrected chi connectivity index (χ4v) is 6.72. The molecule has 2 saturated carbocycles. The molecule has 3 aliphatic rings. The Bertz CT molecular complexity index is 1200. The van der Waals surface area contributed by atoms with Gasteiger partial charge in [-0.2, -0.15) is 5.26 Å². The number of benzene rings is 2. The number of hydrogen-bond donors (Lipinski definition) is 2. The van der Waals surface area contributed by atoms with E-state index in [-0.39, 0.29) is 11.6 Å². The van der Waals surface area contributed by atoms with E-state index >= 15 is 0 Å². The van der Waals surface area contributed by atoms with E-state index in [1.54, 1.807) is 6.07 Å². The summed E-state index contributed by atoms with van der Waals surface area (Å²) in [7, 11) is 0. The number of H-pyrrole nitrogens is 1. The van der Waals surface area contributed by atoms with Crippen LogP contribution in [0.1, 0.15) is 59.2 Å². The van der Waals surface area contributed by atoms with Crippen molar-refractivity contribution in [3.8, 4) is 6.07 Å². The zero-order valence-corrected chi connectivity index (χ0v) is 16.7. The lowest BCUT2D eigenvalue weighted by atomic mass is 9.67. The molecule has 2 aliphatic carbocycles. The van der Waals surface area contributed by atoms with Crippen molar-refractivity contribution >= 4 is 16.6 Å². The van der Waals surface area contributed by atoms with Gasteiger partial charge in [-0.1, -0.05) is 6.07 Å². The van der Waals surface area contributed by atoms with E-state index in [2.05, 4.69) is 36.3 Å². The van der Waals surface area contributed by atoms with Crippen LogP contribution in [0.2, 0.25) is 0 Å². The highest BCUT2D eigenvalue weighted by Gasteiger charge is 2.54. The van der Waals surface area contributed by atoms with Gasteiger partial charge >= 0.3 is 0 Å². The zero-order chi connectivity index (χ0) is 19.9. The Balaban J connectivity index is 1.57. The molecule has 3 nitrogen and oxygen atoms in total. The molecule has 2 aromatic carbocycles. The summed E-state index contributed by atoms with van der Waals surface area (Å²) in [5.41, 5.74) is 7.70. The van der Waals surface area contributed by atoms with Gasteiger partial charge < -0.3 is 10.3 Å². The number of aromatic nitrogens is 1. The van der Waals surface area contributed by atoms with Crippen LogP contribution in [0.5, 0.6) is 0 Å². The number of fused-ring (bicyclic) bond motifs is 9. The van der Waals surface area contributed by atoms with E-state index in [9.17, 15) is 9.65 Å². The predicted octanol–water partition coefficient (Wildman–Crippen LogP) is 6.09. The molecule has 1 aromatic heterocycles. The molecule has 4 heteroatoms. The summed E-state index contributed by atoms with van der Waals surface area (Å²) in [5.74, 6) is 2.02. The lowest BCUT2D eigenvalue weighted by molar-refractivity contribution is 0.249. The molecule has 146 valence electrons. The number of anilines is 1. The summed E-state index contributed by atoms with van der Waals surface area (Å²) < 4.78 is 14.0. The van der Waals surface area contributed by atoms with Crippen LogP contribution >= 0.6 is 0 Å². The second-order valence-corrected chi connectivity index (χ2v) is 9.23. The Hall–Kier alpha value is -2.80. The molecule has 5 atom stereocenters. The first-order chi connectivity index (χ1) is 14.1. The van der Waals surface area contributed by atoms with Gasteiger partial charge in [-0.05, 0) is 97.7 Å². The fraction of sp³-hybridized carbons (Fsp3) is 0.400. The SMILES string of the molecule is Cc1[nH]c2ccc3c(c2c1C)[C@H]1C2CCC(C2)[C@H]1[C@H](c1ccc(F)c(C#N)c1)N3. The van der Waals surface area contributed by atoms with E-state index in [0.717, 1.165) is 11.5 Å². The van der Waals surface area contributed by atoms with Gasteiger partial charge in [-0.25, -0.2) is 4.39 Å². The van der Waals surface area contributed by atoms with Crippen LogP contribution in [0.4, 0.5) is 10.1 Å². The Morgan fingerprint density at radius 2 is 1.93 bits per heavy atom. The van der Waals surface area contributed by atoms with Crippen molar-refractivity contribution in [1.29, 1.82) is 5.26 Å². The van der Waals surface area contributed by atoms with Crippen molar-refractivity contribution in [1.82, 2.24) is 4.98 Å². The van der Waals surface area contributed by atoms with Gasteiger partial charge in [-0.15, -0.1) is 0 Å². The molecule has 0 saturated heterocycles. The Kier molecular flexibility index (Phi) is 3.45. The van der Waals surface area contributed by atoms with Crippen molar-refractivity contribution in [3.05, 3.63) is 64.1 Å². The quantitative estimate of drug-likeness (QED) is 0.532. The smallest absolute Gasteiger partial charge is 0.140 e. The third-order valence-corrected chi connectivity index (χ3v) is 7.99. The number of nitrogens with zero attached hydrogens (tertiary/aromatic N) is 1. The first-order valence-corrected chi connectivity index (χ1v) is 10.6. The number of aromatic amines is 1. The maximum atomic E-state index is 14.0. The summed E-state index contributed by atoms with van der Waals surface area (Å²) in [6.07, 6.45) is 3.88. The summed E-state index contributed by atoms with van der Waals surface area (Å²) in [6, 6.07) is 11.6. The van der Waals surface area contributed by atoms with Crippen LogP contribution in [0.15, 0.2) is 30.3 Å². The first-order valence-electron chi connectivity index (χ1n) is 10.6. The highest BCUT2D eigenvalue weighted by atomic mass is 19.1. The van der Waals surface area contributed by atoms with Crippen LogP contribution < -0.4 is 5.32 Å². The maximum Gasteiger partial charge on any atom is 0.140 e. The fourth-order valence-electron chi connectivity index (χ4n) is 6.72. The van der Waals surface area contributed by atoms with Crippen molar-refractivity contribution in [2.75, 3.05) is 5.32 Å². The molecule has 0 radical (unpaired) electrons. The number of aryl methyl sites for hydroxylation is 2. The molecule has 1 aliphatic heterocycles. The number of rotatable bonds is 1. The Labute approximate surface area is 169 Å². The van der Waals surface area contributed by atoms with E-state index in [0.29, 0.717) is 17.8 Å². The van der Waals surface area contributed by atoms with Gasteiger partial charge in [-0.3, -0.25) is 0 Å². The maximum absolute atomic E-state index is 14.0. The van der Waals surface area contributed by atoms with Crippen LogP contribution in [-0.4, -0.2) is 4.98 Å². The van der Waals surface area contributed by atoms with Crippen molar-refractivity contribution in [2.45, 2.75) is 45.1 Å². The second kappa shape index (κ2) is 5.86. The van der Waals surface area contributed by atoms with Crippen molar-refractivity contribution in [2.24, 2.45) is 17.8 Å². The topological polar surface area (TPSA) is 51.6 Å². The molecule has 2 unspecified atom stereocenters. The minimum Gasteiger partial charge on any atom is -0.378 e. The minimum atomic E-state index is -0.433. The Morgan fingerprint density at radius 3 is 2.76 bits per heavy atom. The monoisotopic (exact) mass is 385 g/mol. The van der Waals surface area contributed by atoms with E-state index in [1.165, 1.54) is 58.7 Å². The third kappa shape index (κ3) is 2.22. The highest BCUT2D eigenvalue weighted by Crippen LogP contribution is 2.64. The number of nitriles is 1. The van der Waals surface area contributed by atoms with Crippen molar-refractivity contribution in [3.63, 3.8) is 0 Å². The summed E-state index contributed by atoms with van der Waals surface area (Å²) in [4.78, 5) is 3.56. The third-order valence-electron chi connectivity index (χ3n) is 7.99. The van der Waals surface area contributed by atoms with Gasteiger partial charge in [0.05, 0.1) is 11.6 Å². The minimum absolute atomic E-state index is 0.133. The van der Waals surface area contributed by atoms with Crippen LogP contribution in [0, 0.1) is 48.7 Å². The normalized spacial score (nSPS) is 29.4. The largest absolute Gasteiger partial charge is 0.378 e. The van der Waals surface area contributed by atoms with Gasteiger partial charge in [0.1, 0.15) is 11.9 Å². The zero-order valence-electron chi connectivity index (χ0n) is 16.7. The molecule has 2 heterocycles. The van der Waals surface area contributed by atoms with Gasteiger partial charge in [0.15, 0.2) is 0 Å². The molecule has 29 heavy (non-hydrogen) atoms. The summed E-state index contributed by atoms with van der Waals surface area (Å²) in [5, 5.41) is 14.5. The van der Waals surface area contributed by atoms with Crippen LogP contribution in [0.25, 0.3) is 10.9 Å². The van der Waals surface area contributed by atoms with E-state index in [4.69, 9.17) is 0 Å². The lowest BCUT2D eigenvalue weighted by Crippen LogP contribution is -2.35. The van der Waals surface area contributed by atoms with Gasteiger partial charge in [0, 0.05) is 22.3 Å². The molecular formula is C25H24FN3. The number of hydrogen-bond acceptors (Lipinski definition) is 2.